The maximum atomic E-state index is 12.7. The quantitative estimate of drug-likeness (QED) is 0.744. The lowest BCUT2D eigenvalue weighted by Crippen LogP contribution is -2.41. The van der Waals surface area contributed by atoms with E-state index in [1.807, 2.05) is 59.4 Å². The summed E-state index contributed by atoms with van der Waals surface area (Å²) in [5.74, 6) is 0.614. The molecule has 0 bridgehead atoms. The van der Waals surface area contributed by atoms with Gasteiger partial charge in [0.05, 0.1) is 17.4 Å². The van der Waals surface area contributed by atoms with Gasteiger partial charge in [-0.2, -0.15) is 0 Å². The van der Waals surface area contributed by atoms with Crippen LogP contribution in [0.15, 0.2) is 48.9 Å². The zero-order valence-corrected chi connectivity index (χ0v) is 13.9. The van der Waals surface area contributed by atoms with Crippen LogP contribution in [0, 0.1) is 5.92 Å². The number of carbonyl (C=O) groups excluding carboxylic acids is 1. The van der Waals surface area contributed by atoms with E-state index in [-0.39, 0.29) is 5.91 Å². The second-order valence-electron chi connectivity index (χ2n) is 6.65. The molecule has 124 valence electrons. The fourth-order valence-electron chi connectivity index (χ4n) is 3.68. The molecule has 0 radical (unpaired) electrons. The highest BCUT2D eigenvalue weighted by Crippen LogP contribution is 2.22. The van der Waals surface area contributed by atoms with Gasteiger partial charge in [-0.3, -0.25) is 4.79 Å². The Morgan fingerprint density at radius 1 is 1.25 bits per heavy atom. The summed E-state index contributed by atoms with van der Waals surface area (Å²) in [7, 11) is 1.92. The number of benzene rings is 1. The van der Waals surface area contributed by atoms with Gasteiger partial charge in [0.25, 0.3) is 5.91 Å². The van der Waals surface area contributed by atoms with E-state index in [1.165, 1.54) is 5.52 Å². The number of para-hydroxylation sites is 2. The van der Waals surface area contributed by atoms with Crippen molar-refractivity contribution in [1.29, 1.82) is 0 Å². The molecule has 2 aromatic heterocycles. The first-order chi connectivity index (χ1) is 11.7. The van der Waals surface area contributed by atoms with Crippen LogP contribution in [-0.4, -0.2) is 38.0 Å². The number of aromatic nitrogens is 3. The van der Waals surface area contributed by atoms with Gasteiger partial charge in [0, 0.05) is 32.9 Å². The van der Waals surface area contributed by atoms with Crippen LogP contribution < -0.4 is 0 Å². The predicted octanol–water partition coefficient (Wildman–Crippen LogP) is 2.93. The molecular weight excluding hydrogens is 300 g/mol. The minimum atomic E-state index is 0.141. The Balaban J connectivity index is 1.49. The summed E-state index contributed by atoms with van der Waals surface area (Å²) in [6.45, 7) is 2.58. The van der Waals surface area contributed by atoms with Crippen molar-refractivity contribution in [3.05, 3.63) is 54.6 Å². The van der Waals surface area contributed by atoms with Crippen LogP contribution in [0.3, 0.4) is 0 Å². The average molecular weight is 322 g/mol. The highest BCUT2D eigenvalue weighted by molar-refractivity contribution is 5.92. The summed E-state index contributed by atoms with van der Waals surface area (Å²) in [6.07, 6.45) is 6.06. The van der Waals surface area contributed by atoms with Crippen molar-refractivity contribution in [1.82, 2.24) is 19.0 Å². The van der Waals surface area contributed by atoms with Gasteiger partial charge in [-0.05, 0) is 43.0 Å². The van der Waals surface area contributed by atoms with Gasteiger partial charge in [-0.25, -0.2) is 4.98 Å². The van der Waals surface area contributed by atoms with Gasteiger partial charge in [-0.15, -0.1) is 0 Å². The van der Waals surface area contributed by atoms with Crippen molar-refractivity contribution in [2.45, 2.75) is 19.4 Å². The minimum absolute atomic E-state index is 0.141. The molecule has 5 heteroatoms. The van der Waals surface area contributed by atoms with Crippen LogP contribution in [0.2, 0.25) is 0 Å². The minimum Gasteiger partial charge on any atom is -0.347 e. The largest absolute Gasteiger partial charge is 0.347 e. The standard InChI is InChI=1S/C19H22N4O/c1-21-10-5-9-18(21)19(24)22-11-4-6-15(12-22)13-23-14-20-16-7-2-3-8-17(16)23/h2-3,5,7-10,14-15H,4,6,11-13H2,1H3. The van der Waals surface area contributed by atoms with Crippen LogP contribution >= 0.6 is 0 Å². The molecule has 1 saturated heterocycles. The molecule has 3 aromatic rings. The van der Waals surface area contributed by atoms with Gasteiger partial charge < -0.3 is 14.0 Å². The van der Waals surface area contributed by atoms with Crippen molar-refractivity contribution in [3.63, 3.8) is 0 Å². The summed E-state index contributed by atoms with van der Waals surface area (Å²) in [5.41, 5.74) is 2.97. The number of imidazole rings is 1. The number of aryl methyl sites for hydroxylation is 1. The summed E-state index contributed by atoms with van der Waals surface area (Å²) in [6, 6.07) is 12.0. The number of nitrogens with zero attached hydrogens (tertiary/aromatic N) is 4. The SMILES string of the molecule is Cn1cccc1C(=O)N1CCCC(Cn2cnc3ccccc32)C1. The monoisotopic (exact) mass is 322 g/mol. The Bertz CT molecular complexity index is 863. The first-order valence-electron chi connectivity index (χ1n) is 8.53. The molecule has 1 amide bonds. The molecule has 3 heterocycles. The van der Waals surface area contributed by atoms with Crippen LogP contribution in [-0.2, 0) is 13.6 Å². The van der Waals surface area contributed by atoms with E-state index in [2.05, 4.69) is 15.6 Å². The van der Waals surface area contributed by atoms with Crippen LogP contribution in [0.25, 0.3) is 11.0 Å². The molecule has 0 saturated carbocycles. The number of carbonyl (C=O) groups is 1. The third-order valence-electron chi connectivity index (χ3n) is 4.95. The van der Waals surface area contributed by atoms with E-state index < -0.39 is 0 Å². The Labute approximate surface area is 141 Å². The fraction of sp³-hybridized carbons (Fsp3) is 0.368. The maximum Gasteiger partial charge on any atom is 0.270 e. The molecule has 0 spiro atoms. The fourth-order valence-corrected chi connectivity index (χ4v) is 3.68. The van der Waals surface area contributed by atoms with Crippen molar-refractivity contribution >= 4 is 16.9 Å². The van der Waals surface area contributed by atoms with E-state index in [0.29, 0.717) is 5.92 Å². The zero-order valence-electron chi connectivity index (χ0n) is 13.9. The average Bonchev–Trinajstić information content (AvgIpc) is 3.21. The molecular formula is C19H22N4O. The van der Waals surface area contributed by atoms with Crippen molar-refractivity contribution in [3.8, 4) is 0 Å². The highest BCUT2D eigenvalue weighted by Gasteiger charge is 2.26. The van der Waals surface area contributed by atoms with Crippen molar-refractivity contribution < 1.29 is 4.79 Å². The van der Waals surface area contributed by atoms with Crippen LogP contribution in [0.5, 0.6) is 0 Å². The Morgan fingerprint density at radius 3 is 2.96 bits per heavy atom. The van der Waals surface area contributed by atoms with E-state index in [1.54, 1.807) is 0 Å². The summed E-state index contributed by atoms with van der Waals surface area (Å²) in [4.78, 5) is 19.2. The van der Waals surface area contributed by atoms with E-state index >= 15 is 0 Å². The molecule has 24 heavy (non-hydrogen) atoms. The smallest absolute Gasteiger partial charge is 0.270 e. The molecule has 1 fully saturated rings. The first kappa shape index (κ1) is 15.0. The molecule has 1 aromatic carbocycles. The van der Waals surface area contributed by atoms with Gasteiger partial charge >= 0.3 is 0 Å². The summed E-state index contributed by atoms with van der Waals surface area (Å²) >= 11 is 0. The lowest BCUT2D eigenvalue weighted by Gasteiger charge is -2.33. The van der Waals surface area contributed by atoms with Gasteiger partial charge in [0.15, 0.2) is 0 Å². The number of fused-ring (bicyclic) bond motifs is 1. The topological polar surface area (TPSA) is 43.1 Å². The number of hydrogen-bond acceptors (Lipinski definition) is 2. The van der Waals surface area contributed by atoms with Crippen molar-refractivity contribution in [2.75, 3.05) is 13.1 Å². The molecule has 0 aliphatic carbocycles. The Hall–Kier alpha value is -2.56. The van der Waals surface area contributed by atoms with Gasteiger partial charge in [0.1, 0.15) is 5.69 Å². The first-order valence-corrected chi connectivity index (χ1v) is 8.53. The van der Waals surface area contributed by atoms with Crippen molar-refractivity contribution in [2.24, 2.45) is 13.0 Å². The lowest BCUT2D eigenvalue weighted by molar-refractivity contribution is 0.0653. The normalized spacial score (nSPS) is 18.2. The molecule has 1 aliphatic heterocycles. The number of hydrogen-bond donors (Lipinski definition) is 0. The molecule has 1 unspecified atom stereocenters. The molecule has 1 atom stereocenters. The molecule has 5 nitrogen and oxygen atoms in total. The third kappa shape index (κ3) is 2.70. The number of likely N-dealkylation sites (tertiary alicyclic amines) is 1. The van der Waals surface area contributed by atoms with Crippen LogP contribution in [0.1, 0.15) is 23.3 Å². The Morgan fingerprint density at radius 2 is 2.12 bits per heavy atom. The van der Waals surface area contributed by atoms with E-state index in [9.17, 15) is 4.79 Å². The number of rotatable bonds is 3. The molecule has 4 rings (SSSR count). The predicted molar refractivity (Wildman–Crippen MR) is 93.8 cm³/mol. The van der Waals surface area contributed by atoms with E-state index in [0.717, 1.165) is 43.7 Å². The molecule has 0 N–H and O–H groups in total. The summed E-state index contributed by atoms with van der Waals surface area (Å²) < 4.78 is 4.12. The second-order valence-corrected chi connectivity index (χ2v) is 6.65. The zero-order chi connectivity index (χ0) is 16.5. The Kier molecular flexibility index (Phi) is 3.84. The maximum absolute atomic E-state index is 12.7. The van der Waals surface area contributed by atoms with E-state index in [4.69, 9.17) is 0 Å². The van der Waals surface area contributed by atoms with Gasteiger partial charge in [0.2, 0.25) is 0 Å². The lowest BCUT2D eigenvalue weighted by atomic mass is 9.97. The van der Waals surface area contributed by atoms with Crippen LogP contribution in [0.4, 0.5) is 0 Å². The number of amides is 1. The molecule has 1 aliphatic rings. The number of piperidine rings is 1. The third-order valence-corrected chi connectivity index (χ3v) is 4.95. The second kappa shape index (κ2) is 6.15. The highest BCUT2D eigenvalue weighted by atomic mass is 16.2. The summed E-state index contributed by atoms with van der Waals surface area (Å²) in [5, 5.41) is 0. The van der Waals surface area contributed by atoms with Gasteiger partial charge in [-0.1, -0.05) is 12.1 Å².